The first kappa shape index (κ1) is 26.3. The summed E-state index contributed by atoms with van der Waals surface area (Å²) >= 11 is 0. The second-order valence-electron chi connectivity index (χ2n) is 9.26. The molecule has 0 heterocycles. The van der Waals surface area contributed by atoms with Gasteiger partial charge < -0.3 is 15.7 Å². The lowest BCUT2D eigenvalue weighted by Crippen LogP contribution is -2.43. The van der Waals surface area contributed by atoms with Gasteiger partial charge in [0.25, 0.3) is 0 Å². The monoisotopic (exact) mass is 450 g/mol. The molecule has 2 aromatic carbocycles. The molecule has 0 radical (unpaired) electrons. The molecule has 0 aliphatic rings. The van der Waals surface area contributed by atoms with Crippen LogP contribution in [0.5, 0.6) is 0 Å². The number of hydrogen-bond acceptors (Lipinski definition) is 3. The van der Waals surface area contributed by atoms with Crippen LogP contribution in [0.3, 0.4) is 0 Å². The summed E-state index contributed by atoms with van der Waals surface area (Å²) in [5.74, 6) is -1.14. The van der Waals surface area contributed by atoms with E-state index in [0.29, 0.717) is 19.3 Å². The zero-order valence-electron chi connectivity index (χ0n) is 20.5. The Hall–Kier alpha value is -2.92. The minimum Gasteiger partial charge on any atom is -0.478 e. The molecule has 0 aliphatic carbocycles. The lowest BCUT2D eigenvalue weighted by Gasteiger charge is -2.32. The van der Waals surface area contributed by atoms with Crippen LogP contribution in [0.4, 0.5) is 0 Å². The molecule has 0 aromatic heterocycles. The van der Waals surface area contributed by atoms with Gasteiger partial charge in [0.2, 0.25) is 5.91 Å². The highest BCUT2D eigenvalue weighted by Crippen LogP contribution is 2.25. The van der Waals surface area contributed by atoms with Gasteiger partial charge in [0.1, 0.15) is 0 Å². The zero-order valence-corrected chi connectivity index (χ0v) is 20.5. The lowest BCUT2D eigenvalue weighted by molar-refractivity contribution is -0.137. The lowest BCUT2D eigenvalue weighted by atomic mass is 9.88. The van der Waals surface area contributed by atoms with E-state index < -0.39 is 5.97 Å². The molecule has 2 aromatic rings. The average molecular weight is 451 g/mol. The standard InChI is InChI=1S/C28H38N2O3/c1-7-21(27(31)30(6)26(18(2)3)16-20(5)28(32)33)15-19(4)25(29)17-23-13-10-12-22-11-8-9-14-24(22)23/h8-14,16,18,21,25-26H,4,7,15,17,29H2,1-3,5-6H3,(H,32,33)/b20-16+/t21-,25?,26-/m1/s1. The molecular weight excluding hydrogens is 412 g/mol. The first-order valence-corrected chi connectivity index (χ1v) is 11.6. The number of aliphatic carboxylic acids is 1. The number of carbonyl (C=O) groups is 2. The van der Waals surface area contributed by atoms with Crippen molar-refractivity contribution in [3.8, 4) is 0 Å². The summed E-state index contributed by atoms with van der Waals surface area (Å²) in [5, 5.41) is 11.6. The molecule has 0 spiro atoms. The SMILES string of the molecule is C=C(C[C@@H](CC)C(=O)N(C)[C@H](/C=C(\C)C(=O)O)C(C)C)C(N)Cc1cccc2ccccc12. The smallest absolute Gasteiger partial charge is 0.331 e. The summed E-state index contributed by atoms with van der Waals surface area (Å²) in [6, 6.07) is 13.9. The maximum Gasteiger partial charge on any atom is 0.331 e. The van der Waals surface area contributed by atoms with Crippen LogP contribution in [0.15, 0.2) is 66.3 Å². The predicted molar refractivity (Wildman–Crippen MR) is 136 cm³/mol. The van der Waals surface area contributed by atoms with Gasteiger partial charge in [-0.15, -0.1) is 0 Å². The number of benzene rings is 2. The van der Waals surface area contributed by atoms with Crippen molar-refractivity contribution in [2.75, 3.05) is 7.05 Å². The van der Waals surface area contributed by atoms with Gasteiger partial charge in [-0.3, -0.25) is 4.79 Å². The molecule has 2 rings (SSSR count). The van der Waals surface area contributed by atoms with E-state index in [-0.39, 0.29) is 35.4 Å². The molecular formula is C28H38N2O3. The van der Waals surface area contributed by atoms with Gasteiger partial charge in [-0.2, -0.15) is 0 Å². The van der Waals surface area contributed by atoms with Crippen LogP contribution in [0.25, 0.3) is 10.8 Å². The summed E-state index contributed by atoms with van der Waals surface area (Å²) in [5.41, 5.74) is 8.80. The molecule has 0 aliphatic heterocycles. The number of nitrogens with zero attached hydrogens (tertiary/aromatic N) is 1. The summed E-state index contributed by atoms with van der Waals surface area (Å²) in [6.45, 7) is 11.7. The van der Waals surface area contributed by atoms with Crippen molar-refractivity contribution in [1.29, 1.82) is 0 Å². The minimum absolute atomic E-state index is 0.0100. The summed E-state index contributed by atoms with van der Waals surface area (Å²) in [6.07, 6.45) is 3.50. The van der Waals surface area contributed by atoms with Crippen LogP contribution in [0.2, 0.25) is 0 Å². The number of carbonyl (C=O) groups excluding carboxylic acids is 1. The van der Waals surface area contributed by atoms with Gasteiger partial charge in [-0.05, 0) is 48.4 Å². The van der Waals surface area contributed by atoms with Gasteiger partial charge in [-0.1, -0.05) is 81.5 Å². The molecule has 0 bridgehead atoms. The van der Waals surface area contributed by atoms with E-state index in [0.717, 1.165) is 5.57 Å². The molecule has 1 amide bonds. The Kier molecular flexibility index (Phi) is 9.42. The summed E-state index contributed by atoms with van der Waals surface area (Å²) < 4.78 is 0. The first-order valence-electron chi connectivity index (χ1n) is 11.6. The Morgan fingerprint density at radius 2 is 1.79 bits per heavy atom. The zero-order chi connectivity index (χ0) is 24.7. The van der Waals surface area contributed by atoms with Crippen LogP contribution < -0.4 is 5.73 Å². The number of amides is 1. The van der Waals surface area contributed by atoms with E-state index >= 15 is 0 Å². The van der Waals surface area contributed by atoms with Crippen LogP contribution in [-0.4, -0.2) is 41.0 Å². The van der Waals surface area contributed by atoms with E-state index in [1.54, 1.807) is 24.9 Å². The molecule has 1 unspecified atom stereocenters. The predicted octanol–water partition coefficient (Wildman–Crippen LogP) is 5.20. The van der Waals surface area contributed by atoms with Crippen molar-refractivity contribution < 1.29 is 14.7 Å². The number of hydrogen-bond donors (Lipinski definition) is 2. The summed E-state index contributed by atoms with van der Waals surface area (Å²) in [4.78, 5) is 26.3. The van der Waals surface area contributed by atoms with E-state index in [1.807, 2.05) is 39.0 Å². The van der Waals surface area contributed by atoms with Gasteiger partial charge >= 0.3 is 5.97 Å². The quantitative estimate of drug-likeness (QED) is 0.364. The topological polar surface area (TPSA) is 83.6 Å². The number of carboxylic acid groups (broad SMARTS) is 1. The maximum absolute atomic E-state index is 13.3. The van der Waals surface area contributed by atoms with E-state index in [2.05, 4.69) is 30.8 Å². The maximum atomic E-state index is 13.3. The molecule has 5 nitrogen and oxygen atoms in total. The normalized spacial score (nSPS) is 14.7. The van der Waals surface area contributed by atoms with E-state index in [1.165, 1.54) is 16.3 Å². The molecule has 3 N–H and O–H groups in total. The van der Waals surface area contributed by atoms with Gasteiger partial charge in [0.15, 0.2) is 0 Å². The molecule has 0 fully saturated rings. The van der Waals surface area contributed by atoms with Crippen molar-refractivity contribution >= 4 is 22.6 Å². The Morgan fingerprint density at radius 1 is 1.15 bits per heavy atom. The average Bonchev–Trinajstić information content (AvgIpc) is 2.79. The van der Waals surface area contributed by atoms with Gasteiger partial charge in [0, 0.05) is 24.6 Å². The minimum atomic E-state index is -0.971. The van der Waals surface area contributed by atoms with Crippen LogP contribution in [-0.2, 0) is 16.0 Å². The highest BCUT2D eigenvalue weighted by molar-refractivity contribution is 5.86. The molecule has 33 heavy (non-hydrogen) atoms. The number of carboxylic acids is 1. The fourth-order valence-electron chi connectivity index (χ4n) is 4.24. The van der Waals surface area contributed by atoms with Crippen molar-refractivity contribution in [3.05, 3.63) is 71.8 Å². The van der Waals surface area contributed by atoms with Gasteiger partial charge in [0.05, 0.1) is 6.04 Å². The number of fused-ring (bicyclic) bond motifs is 1. The second kappa shape index (κ2) is 11.8. The van der Waals surface area contributed by atoms with Crippen molar-refractivity contribution in [2.24, 2.45) is 17.6 Å². The Balaban J connectivity index is 2.13. The number of nitrogens with two attached hydrogens (primary N) is 1. The summed E-state index contributed by atoms with van der Waals surface area (Å²) in [7, 11) is 1.75. The third kappa shape index (κ3) is 6.78. The van der Waals surface area contributed by atoms with E-state index in [9.17, 15) is 14.7 Å². The Morgan fingerprint density at radius 3 is 2.39 bits per heavy atom. The molecule has 0 saturated carbocycles. The third-order valence-electron chi connectivity index (χ3n) is 6.43. The third-order valence-corrected chi connectivity index (χ3v) is 6.43. The van der Waals surface area contributed by atoms with Crippen molar-refractivity contribution in [1.82, 2.24) is 4.90 Å². The first-order chi connectivity index (χ1) is 15.6. The van der Waals surface area contributed by atoms with Crippen LogP contribution >= 0.6 is 0 Å². The molecule has 3 atom stereocenters. The fourth-order valence-corrected chi connectivity index (χ4v) is 4.24. The van der Waals surface area contributed by atoms with Crippen LogP contribution in [0.1, 0.15) is 46.1 Å². The second-order valence-corrected chi connectivity index (χ2v) is 9.26. The van der Waals surface area contributed by atoms with Crippen molar-refractivity contribution in [3.63, 3.8) is 0 Å². The largest absolute Gasteiger partial charge is 0.478 e. The molecule has 178 valence electrons. The van der Waals surface area contributed by atoms with E-state index in [4.69, 9.17) is 5.73 Å². The Labute approximate surface area is 198 Å². The number of likely N-dealkylation sites (N-methyl/N-ethyl adjacent to an activating group) is 1. The van der Waals surface area contributed by atoms with Gasteiger partial charge in [-0.25, -0.2) is 4.79 Å². The van der Waals surface area contributed by atoms with Crippen LogP contribution in [0, 0.1) is 11.8 Å². The van der Waals surface area contributed by atoms with Crippen molar-refractivity contribution in [2.45, 2.75) is 59.0 Å². The highest BCUT2D eigenvalue weighted by Gasteiger charge is 2.28. The number of rotatable bonds is 11. The highest BCUT2D eigenvalue weighted by atomic mass is 16.4. The molecule has 0 saturated heterocycles. The Bertz CT molecular complexity index is 1020. The molecule has 5 heteroatoms. The fraction of sp³-hybridized carbons (Fsp3) is 0.429.